The molecule has 1 heterocycles. The van der Waals surface area contributed by atoms with Crippen LogP contribution >= 0.6 is 0 Å². The van der Waals surface area contributed by atoms with Crippen molar-refractivity contribution in [1.29, 1.82) is 0 Å². The second kappa shape index (κ2) is 4.53. The number of aryl methyl sites for hydroxylation is 1. The third kappa shape index (κ3) is 2.43. The van der Waals surface area contributed by atoms with Crippen molar-refractivity contribution in [2.24, 2.45) is 0 Å². The molecule has 0 radical (unpaired) electrons. The average Bonchev–Trinajstić information content (AvgIpc) is 2.29. The third-order valence-corrected chi connectivity index (χ3v) is 3.06. The second-order valence-corrected chi connectivity index (χ2v) is 4.25. The van der Waals surface area contributed by atoms with Gasteiger partial charge in [-0.25, -0.2) is 0 Å². The van der Waals surface area contributed by atoms with Crippen LogP contribution in [0.3, 0.4) is 0 Å². The molecule has 0 unspecified atom stereocenters. The smallest absolute Gasteiger partial charge is 0.272 e. The van der Waals surface area contributed by atoms with Gasteiger partial charge in [0.05, 0.1) is 4.92 Å². The van der Waals surface area contributed by atoms with Crippen LogP contribution in [0.4, 0.5) is 11.4 Å². The van der Waals surface area contributed by atoms with Crippen molar-refractivity contribution in [2.45, 2.75) is 19.8 Å². The summed E-state index contributed by atoms with van der Waals surface area (Å²) < 4.78 is 0. The molecular weight excluding hydrogens is 220 g/mol. The number of rotatable bonds is 2. The van der Waals surface area contributed by atoms with Crippen molar-refractivity contribution in [3.05, 3.63) is 33.9 Å². The number of benzene rings is 1. The number of hydrogen-bond acceptors (Lipinski definition) is 4. The molecule has 0 spiro atoms. The van der Waals surface area contributed by atoms with Crippen molar-refractivity contribution >= 4 is 17.2 Å². The first-order chi connectivity index (χ1) is 8.08. The van der Waals surface area contributed by atoms with Crippen molar-refractivity contribution in [3.63, 3.8) is 0 Å². The molecule has 1 fully saturated rings. The van der Waals surface area contributed by atoms with Crippen LogP contribution in [0.25, 0.3) is 0 Å². The van der Waals surface area contributed by atoms with Gasteiger partial charge in [-0.15, -0.1) is 0 Å². The van der Waals surface area contributed by atoms with Gasteiger partial charge < -0.3 is 4.90 Å². The molecule has 5 heteroatoms. The van der Waals surface area contributed by atoms with Crippen LogP contribution in [0.15, 0.2) is 18.2 Å². The summed E-state index contributed by atoms with van der Waals surface area (Å²) >= 11 is 0. The summed E-state index contributed by atoms with van der Waals surface area (Å²) in [6.07, 6.45) is 1.13. The van der Waals surface area contributed by atoms with Gasteiger partial charge in [0, 0.05) is 43.2 Å². The van der Waals surface area contributed by atoms with E-state index in [-0.39, 0.29) is 10.6 Å². The van der Waals surface area contributed by atoms with Gasteiger partial charge in [0.2, 0.25) is 0 Å². The van der Waals surface area contributed by atoms with Crippen molar-refractivity contribution in [2.75, 3.05) is 18.0 Å². The zero-order chi connectivity index (χ0) is 12.4. The maximum atomic E-state index is 11.1. The summed E-state index contributed by atoms with van der Waals surface area (Å²) in [5.41, 5.74) is 1.76. The molecule has 2 rings (SSSR count). The molecule has 5 nitrogen and oxygen atoms in total. The molecule has 0 bridgehead atoms. The lowest BCUT2D eigenvalue weighted by Gasteiger charge is -2.28. The second-order valence-electron chi connectivity index (χ2n) is 4.25. The molecule has 17 heavy (non-hydrogen) atoms. The topological polar surface area (TPSA) is 63.5 Å². The fourth-order valence-corrected chi connectivity index (χ4v) is 2.06. The monoisotopic (exact) mass is 234 g/mol. The quantitative estimate of drug-likeness (QED) is 0.580. The molecule has 0 aromatic heterocycles. The lowest BCUT2D eigenvalue weighted by molar-refractivity contribution is -0.385. The van der Waals surface area contributed by atoms with Gasteiger partial charge in [0.1, 0.15) is 5.78 Å². The normalized spacial score (nSPS) is 16.1. The molecule has 1 aromatic rings. The highest BCUT2D eigenvalue weighted by atomic mass is 16.6. The summed E-state index contributed by atoms with van der Waals surface area (Å²) in [5, 5.41) is 10.7. The largest absolute Gasteiger partial charge is 0.371 e. The van der Waals surface area contributed by atoms with Crippen LogP contribution in [-0.4, -0.2) is 23.8 Å². The Kier molecular flexibility index (Phi) is 3.08. The fraction of sp³-hybridized carbons (Fsp3) is 0.417. The number of hydrogen-bond donors (Lipinski definition) is 0. The van der Waals surface area contributed by atoms with E-state index in [4.69, 9.17) is 0 Å². The molecule has 1 aromatic carbocycles. The first-order valence-corrected chi connectivity index (χ1v) is 5.59. The van der Waals surface area contributed by atoms with E-state index >= 15 is 0 Å². The average molecular weight is 234 g/mol. The molecule has 1 aliphatic rings. The number of anilines is 1. The lowest BCUT2D eigenvalue weighted by atomic mass is 10.1. The number of carbonyl (C=O) groups is 1. The molecular formula is C12H14N2O3. The number of piperidine rings is 1. The standard InChI is InChI=1S/C12H14N2O3/c1-9-8-10(2-3-12(9)14(16)17)13-6-4-11(15)5-7-13/h2-3,8H,4-7H2,1H3. The summed E-state index contributed by atoms with van der Waals surface area (Å²) in [5.74, 6) is 0.292. The van der Waals surface area contributed by atoms with E-state index in [1.807, 2.05) is 6.07 Å². The molecule has 0 amide bonds. The number of Topliss-reactive ketones (excluding diaryl/α,β-unsaturated/α-hetero) is 1. The highest BCUT2D eigenvalue weighted by molar-refractivity contribution is 5.81. The lowest BCUT2D eigenvalue weighted by Crippen LogP contribution is -2.33. The maximum Gasteiger partial charge on any atom is 0.272 e. The van der Waals surface area contributed by atoms with Gasteiger partial charge in [0.25, 0.3) is 5.69 Å². The van der Waals surface area contributed by atoms with Crippen molar-refractivity contribution in [3.8, 4) is 0 Å². The zero-order valence-electron chi connectivity index (χ0n) is 9.68. The van der Waals surface area contributed by atoms with Gasteiger partial charge in [0.15, 0.2) is 0 Å². The highest BCUT2D eigenvalue weighted by Gasteiger charge is 2.18. The SMILES string of the molecule is Cc1cc(N2CCC(=O)CC2)ccc1[N+](=O)[O-]. The predicted octanol–water partition coefficient (Wildman–Crippen LogP) is 2.07. The highest BCUT2D eigenvalue weighted by Crippen LogP contribution is 2.25. The summed E-state index contributed by atoms with van der Waals surface area (Å²) in [7, 11) is 0. The van der Waals surface area contributed by atoms with E-state index in [0.717, 1.165) is 5.69 Å². The van der Waals surface area contributed by atoms with Crippen LogP contribution in [0.2, 0.25) is 0 Å². The summed E-state index contributed by atoms with van der Waals surface area (Å²) in [4.78, 5) is 23.6. The Balaban J connectivity index is 2.20. The number of nitro groups is 1. The van der Waals surface area contributed by atoms with E-state index < -0.39 is 0 Å². The summed E-state index contributed by atoms with van der Waals surface area (Å²) in [6.45, 7) is 3.14. The molecule has 0 saturated carbocycles. The molecule has 1 aliphatic heterocycles. The van der Waals surface area contributed by atoms with Crippen LogP contribution in [0.5, 0.6) is 0 Å². The number of nitrogens with zero attached hydrogens (tertiary/aromatic N) is 2. The van der Waals surface area contributed by atoms with Gasteiger partial charge in [-0.3, -0.25) is 14.9 Å². The molecule has 0 N–H and O–H groups in total. The molecule has 1 saturated heterocycles. The van der Waals surface area contributed by atoms with E-state index in [2.05, 4.69) is 4.90 Å². The predicted molar refractivity (Wildman–Crippen MR) is 64.3 cm³/mol. The Bertz CT molecular complexity index is 461. The van der Waals surface area contributed by atoms with E-state index in [1.54, 1.807) is 13.0 Å². The van der Waals surface area contributed by atoms with E-state index in [0.29, 0.717) is 37.3 Å². The first-order valence-electron chi connectivity index (χ1n) is 5.59. The summed E-state index contributed by atoms with van der Waals surface area (Å²) in [6, 6.07) is 5.09. The van der Waals surface area contributed by atoms with E-state index in [1.165, 1.54) is 6.07 Å². The minimum Gasteiger partial charge on any atom is -0.371 e. The van der Waals surface area contributed by atoms with Crippen LogP contribution in [0.1, 0.15) is 18.4 Å². The number of carbonyl (C=O) groups excluding carboxylic acids is 1. The Morgan fingerprint density at radius 2 is 1.94 bits per heavy atom. The number of ketones is 1. The van der Waals surface area contributed by atoms with Crippen LogP contribution < -0.4 is 4.90 Å². The number of nitro benzene ring substituents is 1. The fourth-order valence-electron chi connectivity index (χ4n) is 2.06. The minimum absolute atomic E-state index is 0.141. The maximum absolute atomic E-state index is 11.1. The Morgan fingerprint density at radius 3 is 2.47 bits per heavy atom. The Labute approximate surface area is 99.2 Å². The molecule has 0 atom stereocenters. The van der Waals surface area contributed by atoms with Gasteiger partial charge in [-0.2, -0.15) is 0 Å². The van der Waals surface area contributed by atoms with Crippen molar-refractivity contribution in [1.82, 2.24) is 0 Å². The van der Waals surface area contributed by atoms with Crippen LogP contribution in [-0.2, 0) is 4.79 Å². The Morgan fingerprint density at radius 1 is 1.29 bits per heavy atom. The first kappa shape index (κ1) is 11.6. The third-order valence-electron chi connectivity index (χ3n) is 3.06. The molecule has 0 aliphatic carbocycles. The van der Waals surface area contributed by atoms with Crippen molar-refractivity contribution < 1.29 is 9.72 Å². The minimum atomic E-state index is -0.376. The van der Waals surface area contributed by atoms with Crippen LogP contribution in [0, 0.1) is 17.0 Å². The Hall–Kier alpha value is -1.91. The van der Waals surface area contributed by atoms with Gasteiger partial charge in [-0.05, 0) is 19.1 Å². The van der Waals surface area contributed by atoms with Gasteiger partial charge in [-0.1, -0.05) is 0 Å². The zero-order valence-corrected chi connectivity index (χ0v) is 9.68. The molecule has 90 valence electrons. The van der Waals surface area contributed by atoms with Gasteiger partial charge >= 0.3 is 0 Å². The van der Waals surface area contributed by atoms with E-state index in [9.17, 15) is 14.9 Å².